The first kappa shape index (κ1) is 20.3. The maximum absolute atomic E-state index is 12.9. The van der Waals surface area contributed by atoms with Crippen molar-refractivity contribution in [3.63, 3.8) is 0 Å². The van der Waals surface area contributed by atoms with Gasteiger partial charge < -0.3 is 14.9 Å². The largest absolute Gasteiger partial charge is 0.387 e. The van der Waals surface area contributed by atoms with Crippen LogP contribution in [0.25, 0.3) is 10.9 Å². The summed E-state index contributed by atoms with van der Waals surface area (Å²) in [5.41, 5.74) is 2.76. The number of piperidine rings is 1. The van der Waals surface area contributed by atoms with Gasteiger partial charge in [-0.2, -0.15) is 0 Å². The molecule has 2 aromatic carbocycles. The zero-order valence-electron chi connectivity index (χ0n) is 17.5. The normalized spacial score (nSPS) is 15.9. The Hall–Kier alpha value is -2.99. The topological polar surface area (TPSA) is 69.6 Å². The third-order valence-electron chi connectivity index (χ3n) is 5.92. The summed E-state index contributed by atoms with van der Waals surface area (Å²) in [5.74, 6) is 0.806. The lowest BCUT2D eigenvalue weighted by Crippen LogP contribution is -2.42. The summed E-state index contributed by atoms with van der Waals surface area (Å²) in [5, 5.41) is 11.5. The van der Waals surface area contributed by atoms with Crippen LogP contribution in [0.4, 0.5) is 5.95 Å². The number of aromatic nitrogens is 2. The Balaban J connectivity index is 1.36. The fraction of sp³-hybridized carbons (Fsp3) is 0.375. The van der Waals surface area contributed by atoms with Crippen molar-refractivity contribution in [1.29, 1.82) is 0 Å². The van der Waals surface area contributed by atoms with Gasteiger partial charge in [0.2, 0.25) is 11.9 Å². The smallest absolute Gasteiger partial charge is 0.226 e. The number of benzene rings is 2. The van der Waals surface area contributed by atoms with E-state index in [2.05, 4.69) is 9.88 Å². The third kappa shape index (κ3) is 4.28. The molecule has 1 atom stereocenters. The van der Waals surface area contributed by atoms with Crippen LogP contribution in [0.15, 0.2) is 54.6 Å². The second-order valence-corrected chi connectivity index (χ2v) is 8.03. The lowest BCUT2D eigenvalue weighted by molar-refractivity contribution is -0.136. The average molecular weight is 405 g/mol. The van der Waals surface area contributed by atoms with E-state index < -0.39 is 6.10 Å². The minimum absolute atomic E-state index is 0.0317. The molecule has 1 amide bonds. The Bertz CT molecular complexity index is 1020. The van der Waals surface area contributed by atoms with Gasteiger partial charge in [0.25, 0.3) is 0 Å². The number of likely N-dealkylation sites (N-methyl/N-ethyl adjacent to an activating group) is 1. The summed E-state index contributed by atoms with van der Waals surface area (Å²) in [6, 6.07) is 17.5. The van der Waals surface area contributed by atoms with Crippen LogP contribution in [-0.2, 0) is 4.79 Å². The van der Waals surface area contributed by atoms with Crippen LogP contribution >= 0.6 is 0 Å². The van der Waals surface area contributed by atoms with Crippen LogP contribution in [-0.4, -0.2) is 52.6 Å². The molecule has 0 saturated carbocycles. The molecule has 30 heavy (non-hydrogen) atoms. The van der Waals surface area contributed by atoms with Crippen LogP contribution in [0.1, 0.15) is 30.2 Å². The number of para-hydroxylation sites is 1. The van der Waals surface area contributed by atoms with Crippen molar-refractivity contribution >= 4 is 22.8 Å². The van der Waals surface area contributed by atoms with E-state index in [-0.39, 0.29) is 11.8 Å². The monoisotopic (exact) mass is 404 g/mol. The number of hydrogen-bond donors (Lipinski definition) is 1. The molecule has 1 aromatic heterocycles. The molecule has 1 fully saturated rings. The predicted molar refractivity (Wildman–Crippen MR) is 118 cm³/mol. The molecule has 0 unspecified atom stereocenters. The van der Waals surface area contributed by atoms with Crippen LogP contribution in [0.3, 0.4) is 0 Å². The summed E-state index contributed by atoms with van der Waals surface area (Å²) in [7, 11) is 1.77. The molecule has 3 aromatic rings. The number of nitrogens with zero attached hydrogens (tertiary/aromatic N) is 4. The van der Waals surface area contributed by atoms with E-state index in [0.29, 0.717) is 6.54 Å². The van der Waals surface area contributed by atoms with Crippen molar-refractivity contribution < 1.29 is 9.90 Å². The Morgan fingerprint density at radius 2 is 1.77 bits per heavy atom. The van der Waals surface area contributed by atoms with Gasteiger partial charge in [-0.1, -0.05) is 48.5 Å². The molecular formula is C24H28N4O2. The number of anilines is 1. The van der Waals surface area contributed by atoms with Gasteiger partial charge in [0.1, 0.15) is 0 Å². The molecular weight excluding hydrogens is 376 g/mol. The SMILES string of the molecule is Cc1nc(N2CCC(C(=O)N(C)C[C@@H](O)c3ccccc3)CC2)nc2ccccc12. The van der Waals surface area contributed by atoms with Gasteiger partial charge in [0.15, 0.2) is 0 Å². The summed E-state index contributed by atoms with van der Waals surface area (Å²) in [4.78, 5) is 26.1. The van der Waals surface area contributed by atoms with Crippen molar-refractivity contribution in [1.82, 2.24) is 14.9 Å². The molecule has 6 heteroatoms. The molecule has 4 rings (SSSR count). The van der Waals surface area contributed by atoms with E-state index in [1.807, 2.05) is 61.5 Å². The Kier molecular flexibility index (Phi) is 5.95. The molecule has 0 spiro atoms. The molecule has 0 aliphatic carbocycles. The second-order valence-electron chi connectivity index (χ2n) is 8.03. The predicted octanol–water partition coefficient (Wildman–Crippen LogP) is 3.35. The summed E-state index contributed by atoms with van der Waals surface area (Å²) < 4.78 is 0. The second kappa shape index (κ2) is 8.79. The van der Waals surface area contributed by atoms with Crippen molar-refractivity contribution in [2.24, 2.45) is 5.92 Å². The summed E-state index contributed by atoms with van der Waals surface area (Å²) >= 11 is 0. The number of carbonyl (C=O) groups is 1. The van der Waals surface area contributed by atoms with Crippen LogP contribution in [0.2, 0.25) is 0 Å². The van der Waals surface area contributed by atoms with Crippen LogP contribution in [0, 0.1) is 12.8 Å². The van der Waals surface area contributed by atoms with Crippen molar-refractivity contribution in [2.75, 3.05) is 31.6 Å². The first-order chi connectivity index (χ1) is 14.5. The fourth-order valence-corrected chi connectivity index (χ4v) is 4.13. The molecule has 0 radical (unpaired) electrons. The van der Waals surface area contributed by atoms with Gasteiger partial charge in [-0.15, -0.1) is 0 Å². The molecule has 6 nitrogen and oxygen atoms in total. The number of rotatable bonds is 5. The Morgan fingerprint density at radius 1 is 1.10 bits per heavy atom. The van der Waals surface area contributed by atoms with E-state index in [0.717, 1.165) is 54.0 Å². The molecule has 2 heterocycles. The van der Waals surface area contributed by atoms with E-state index in [1.165, 1.54) is 0 Å². The zero-order chi connectivity index (χ0) is 21.1. The Labute approximate surface area is 177 Å². The summed E-state index contributed by atoms with van der Waals surface area (Å²) in [6.45, 7) is 3.82. The number of aryl methyl sites for hydroxylation is 1. The highest BCUT2D eigenvalue weighted by Crippen LogP contribution is 2.25. The fourth-order valence-electron chi connectivity index (χ4n) is 4.13. The highest BCUT2D eigenvalue weighted by Gasteiger charge is 2.29. The van der Waals surface area contributed by atoms with Crippen LogP contribution < -0.4 is 4.90 Å². The molecule has 1 saturated heterocycles. The molecule has 1 aliphatic rings. The zero-order valence-corrected chi connectivity index (χ0v) is 17.5. The van der Waals surface area contributed by atoms with Gasteiger partial charge in [0.05, 0.1) is 23.9 Å². The molecule has 0 bridgehead atoms. The van der Waals surface area contributed by atoms with Crippen molar-refractivity contribution in [2.45, 2.75) is 25.9 Å². The number of aliphatic hydroxyl groups excluding tert-OH is 1. The van der Waals surface area contributed by atoms with Gasteiger partial charge in [0, 0.05) is 31.4 Å². The highest BCUT2D eigenvalue weighted by molar-refractivity contribution is 5.82. The Morgan fingerprint density at radius 3 is 2.50 bits per heavy atom. The minimum atomic E-state index is -0.672. The van der Waals surface area contributed by atoms with E-state index in [1.54, 1.807) is 11.9 Å². The number of hydrogen-bond acceptors (Lipinski definition) is 5. The first-order valence-electron chi connectivity index (χ1n) is 10.5. The first-order valence-corrected chi connectivity index (χ1v) is 10.5. The molecule has 1 N–H and O–H groups in total. The maximum atomic E-state index is 12.9. The standard InChI is InChI=1S/C24H28N4O2/c1-17-20-10-6-7-11-21(20)26-24(25-17)28-14-12-19(13-15-28)23(30)27(2)16-22(29)18-8-4-3-5-9-18/h3-11,19,22,29H,12-16H2,1-2H3/t22-/m1/s1. The summed E-state index contributed by atoms with van der Waals surface area (Å²) in [6.07, 6.45) is 0.855. The number of amides is 1. The maximum Gasteiger partial charge on any atom is 0.226 e. The van der Waals surface area contributed by atoms with E-state index in [4.69, 9.17) is 4.98 Å². The van der Waals surface area contributed by atoms with Crippen molar-refractivity contribution in [3.05, 3.63) is 65.9 Å². The van der Waals surface area contributed by atoms with E-state index in [9.17, 15) is 9.90 Å². The van der Waals surface area contributed by atoms with Crippen molar-refractivity contribution in [3.8, 4) is 0 Å². The average Bonchev–Trinajstić information content (AvgIpc) is 2.79. The van der Waals surface area contributed by atoms with Gasteiger partial charge in [-0.3, -0.25) is 4.79 Å². The minimum Gasteiger partial charge on any atom is -0.387 e. The van der Waals surface area contributed by atoms with Crippen LogP contribution in [0.5, 0.6) is 0 Å². The lowest BCUT2D eigenvalue weighted by atomic mass is 9.95. The number of carbonyl (C=O) groups excluding carboxylic acids is 1. The van der Waals surface area contributed by atoms with Gasteiger partial charge in [-0.25, -0.2) is 9.97 Å². The van der Waals surface area contributed by atoms with E-state index >= 15 is 0 Å². The third-order valence-corrected chi connectivity index (χ3v) is 5.92. The quantitative estimate of drug-likeness (QED) is 0.706. The molecule has 1 aliphatic heterocycles. The number of fused-ring (bicyclic) bond motifs is 1. The number of aliphatic hydroxyl groups is 1. The lowest BCUT2D eigenvalue weighted by Gasteiger charge is -2.33. The highest BCUT2D eigenvalue weighted by atomic mass is 16.3. The van der Waals surface area contributed by atoms with Gasteiger partial charge in [-0.05, 0) is 31.4 Å². The molecule has 156 valence electrons. The van der Waals surface area contributed by atoms with Gasteiger partial charge >= 0.3 is 0 Å².